The average molecular weight is 266 g/mol. The van der Waals surface area contributed by atoms with Gasteiger partial charge in [0.15, 0.2) is 0 Å². The van der Waals surface area contributed by atoms with E-state index in [1.165, 1.54) is 0 Å². The van der Waals surface area contributed by atoms with Crippen molar-refractivity contribution < 1.29 is 4.74 Å². The predicted octanol–water partition coefficient (Wildman–Crippen LogP) is 1.76. The Kier molecular flexibility index (Phi) is 7.36. The summed E-state index contributed by atoms with van der Waals surface area (Å²) in [6.07, 6.45) is 1.92. The minimum absolute atomic E-state index is 0.714. The number of nitrogens with one attached hydrogen (secondary N) is 1. The highest BCUT2D eigenvalue weighted by atomic mass is 16.5. The summed E-state index contributed by atoms with van der Waals surface area (Å²) in [4.78, 5) is 11.2. The molecule has 0 amide bonds. The molecule has 0 radical (unpaired) electrons. The fraction of sp³-hybridized carbons (Fsp3) is 0.714. The second-order valence-electron chi connectivity index (χ2n) is 4.34. The van der Waals surface area contributed by atoms with E-state index in [-0.39, 0.29) is 0 Å². The molecule has 0 saturated carbocycles. The van der Waals surface area contributed by atoms with Crippen LogP contribution in [0, 0.1) is 6.92 Å². The van der Waals surface area contributed by atoms with Crippen LogP contribution in [0.25, 0.3) is 0 Å². The molecule has 0 aromatic carbocycles. The highest BCUT2D eigenvalue weighted by Gasteiger charge is 2.09. The van der Waals surface area contributed by atoms with Gasteiger partial charge in [0.05, 0.1) is 6.61 Å². The number of likely N-dealkylation sites (N-methyl/N-ethyl adjacent to an activating group) is 1. The molecular weight excluding hydrogens is 240 g/mol. The summed E-state index contributed by atoms with van der Waals surface area (Å²) < 4.78 is 5.39. The molecule has 1 N–H and O–H groups in total. The summed E-state index contributed by atoms with van der Waals surface area (Å²) >= 11 is 0. The molecule has 1 rings (SSSR count). The van der Waals surface area contributed by atoms with Crippen LogP contribution in [-0.2, 0) is 11.3 Å². The van der Waals surface area contributed by atoms with E-state index in [0.29, 0.717) is 6.61 Å². The first-order valence-electron chi connectivity index (χ1n) is 7.08. The molecule has 0 aliphatic rings. The molecule has 0 aliphatic carbocycles. The number of ether oxygens (including phenoxy) is 1. The lowest BCUT2D eigenvalue weighted by Crippen LogP contribution is -2.29. The minimum atomic E-state index is 0.714. The monoisotopic (exact) mass is 266 g/mol. The van der Waals surface area contributed by atoms with E-state index in [1.54, 1.807) is 0 Å². The third-order valence-corrected chi connectivity index (χ3v) is 3.01. The molecule has 108 valence electrons. The van der Waals surface area contributed by atoms with Crippen molar-refractivity contribution in [2.45, 2.75) is 34.2 Å². The average Bonchev–Trinajstić information content (AvgIpc) is 2.42. The first kappa shape index (κ1) is 15.9. The summed E-state index contributed by atoms with van der Waals surface area (Å²) in [5, 5.41) is 3.30. The predicted molar refractivity (Wildman–Crippen MR) is 78.5 cm³/mol. The van der Waals surface area contributed by atoms with Gasteiger partial charge in [0.25, 0.3) is 0 Å². The van der Waals surface area contributed by atoms with E-state index in [9.17, 15) is 0 Å². The minimum Gasteiger partial charge on any atom is -0.380 e. The maximum atomic E-state index is 5.39. The molecule has 0 atom stereocenters. The standard InChI is InChI=1S/C14H26N4O/c1-5-15-10-13-11-16-14(17-12(13)4)18(6-2)8-9-19-7-3/h11,15H,5-10H2,1-4H3. The number of aromatic nitrogens is 2. The quantitative estimate of drug-likeness (QED) is 0.690. The van der Waals surface area contributed by atoms with Crippen molar-refractivity contribution in [2.75, 3.05) is 37.7 Å². The SMILES string of the molecule is CCNCc1cnc(N(CC)CCOCC)nc1C. The first-order valence-corrected chi connectivity index (χ1v) is 7.08. The molecule has 5 heteroatoms. The highest BCUT2D eigenvalue weighted by Crippen LogP contribution is 2.11. The Morgan fingerprint density at radius 1 is 1.32 bits per heavy atom. The van der Waals surface area contributed by atoms with E-state index in [2.05, 4.69) is 34.0 Å². The second-order valence-corrected chi connectivity index (χ2v) is 4.34. The number of rotatable bonds is 9. The van der Waals surface area contributed by atoms with Gasteiger partial charge in [-0.1, -0.05) is 6.92 Å². The molecule has 5 nitrogen and oxygen atoms in total. The van der Waals surface area contributed by atoms with Crippen molar-refractivity contribution in [1.82, 2.24) is 15.3 Å². The van der Waals surface area contributed by atoms with Gasteiger partial charge < -0.3 is 15.0 Å². The van der Waals surface area contributed by atoms with Crippen LogP contribution in [0.1, 0.15) is 32.0 Å². The van der Waals surface area contributed by atoms with Gasteiger partial charge in [0.1, 0.15) is 0 Å². The van der Waals surface area contributed by atoms with E-state index in [4.69, 9.17) is 4.74 Å². The van der Waals surface area contributed by atoms with Crippen molar-refractivity contribution in [3.8, 4) is 0 Å². The third-order valence-electron chi connectivity index (χ3n) is 3.01. The van der Waals surface area contributed by atoms with Crippen molar-refractivity contribution in [1.29, 1.82) is 0 Å². The van der Waals surface area contributed by atoms with Gasteiger partial charge in [-0.3, -0.25) is 0 Å². The third kappa shape index (κ3) is 5.12. The van der Waals surface area contributed by atoms with Crippen LogP contribution in [-0.4, -0.2) is 42.8 Å². The lowest BCUT2D eigenvalue weighted by molar-refractivity contribution is 0.153. The number of aryl methyl sites for hydroxylation is 1. The fourth-order valence-electron chi connectivity index (χ4n) is 1.78. The molecule has 0 aliphatic heterocycles. The van der Waals surface area contributed by atoms with Gasteiger partial charge in [-0.05, 0) is 27.3 Å². The Morgan fingerprint density at radius 2 is 2.11 bits per heavy atom. The van der Waals surface area contributed by atoms with Crippen LogP contribution in [0.15, 0.2) is 6.20 Å². The van der Waals surface area contributed by atoms with Crippen molar-refractivity contribution in [2.24, 2.45) is 0 Å². The lowest BCUT2D eigenvalue weighted by Gasteiger charge is -2.21. The Balaban J connectivity index is 2.68. The molecular formula is C14H26N4O. The van der Waals surface area contributed by atoms with Gasteiger partial charge in [-0.25, -0.2) is 9.97 Å². The van der Waals surface area contributed by atoms with Crippen molar-refractivity contribution >= 4 is 5.95 Å². The first-order chi connectivity index (χ1) is 9.22. The van der Waals surface area contributed by atoms with Gasteiger partial charge >= 0.3 is 0 Å². The maximum Gasteiger partial charge on any atom is 0.225 e. The Morgan fingerprint density at radius 3 is 2.68 bits per heavy atom. The largest absolute Gasteiger partial charge is 0.380 e. The van der Waals surface area contributed by atoms with Crippen LogP contribution < -0.4 is 10.2 Å². The molecule has 0 bridgehead atoms. The van der Waals surface area contributed by atoms with Crippen molar-refractivity contribution in [3.63, 3.8) is 0 Å². The van der Waals surface area contributed by atoms with E-state index >= 15 is 0 Å². The number of hydrogen-bond donors (Lipinski definition) is 1. The lowest BCUT2D eigenvalue weighted by atomic mass is 10.2. The van der Waals surface area contributed by atoms with Crippen LogP contribution in [0.4, 0.5) is 5.95 Å². The van der Waals surface area contributed by atoms with Crippen molar-refractivity contribution in [3.05, 3.63) is 17.5 Å². The molecule has 0 fully saturated rings. The summed E-state index contributed by atoms with van der Waals surface area (Å²) in [7, 11) is 0. The van der Waals surface area contributed by atoms with Gasteiger partial charge in [-0.2, -0.15) is 0 Å². The van der Waals surface area contributed by atoms with Crippen LogP contribution in [0.2, 0.25) is 0 Å². The number of anilines is 1. The van der Waals surface area contributed by atoms with Gasteiger partial charge in [0.2, 0.25) is 5.95 Å². The zero-order chi connectivity index (χ0) is 14.1. The Labute approximate surface area is 116 Å². The fourth-order valence-corrected chi connectivity index (χ4v) is 1.78. The van der Waals surface area contributed by atoms with Crippen LogP contribution >= 0.6 is 0 Å². The second kappa shape index (κ2) is 8.82. The normalized spacial score (nSPS) is 10.7. The van der Waals surface area contributed by atoms with E-state index in [0.717, 1.165) is 50.0 Å². The zero-order valence-electron chi connectivity index (χ0n) is 12.6. The molecule has 1 heterocycles. The highest BCUT2D eigenvalue weighted by molar-refractivity contribution is 5.32. The van der Waals surface area contributed by atoms with E-state index in [1.807, 2.05) is 20.0 Å². The number of nitrogens with zero attached hydrogens (tertiary/aromatic N) is 3. The smallest absolute Gasteiger partial charge is 0.225 e. The Hall–Kier alpha value is -1.20. The van der Waals surface area contributed by atoms with E-state index < -0.39 is 0 Å². The summed E-state index contributed by atoms with van der Waals surface area (Å²) in [5.74, 6) is 0.792. The van der Waals surface area contributed by atoms with Gasteiger partial charge in [0, 0.05) is 43.7 Å². The molecule has 0 spiro atoms. The van der Waals surface area contributed by atoms with Gasteiger partial charge in [-0.15, -0.1) is 0 Å². The van der Waals surface area contributed by atoms with Crippen LogP contribution in [0.5, 0.6) is 0 Å². The number of hydrogen-bond acceptors (Lipinski definition) is 5. The topological polar surface area (TPSA) is 50.3 Å². The molecule has 1 aromatic heterocycles. The summed E-state index contributed by atoms with van der Waals surface area (Å²) in [6, 6.07) is 0. The Bertz CT molecular complexity index is 370. The zero-order valence-corrected chi connectivity index (χ0v) is 12.6. The summed E-state index contributed by atoms with van der Waals surface area (Å²) in [5.41, 5.74) is 2.20. The maximum absolute atomic E-state index is 5.39. The summed E-state index contributed by atoms with van der Waals surface area (Å²) in [6.45, 7) is 13.2. The molecule has 0 unspecified atom stereocenters. The molecule has 1 aromatic rings. The van der Waals surface area contributed by atoms with Crippen LogP contribution in [0.3, 0.4) is 0 Å². The molecule has 0 saturated heterocycles. The molecule has 19 heavy (non-hydrogen) atoms.